The highest BCUT2D eigenvalue weighted by Gasteiger charge is 2.37. The molecule has 0 spiro atoms. The summed E-state index contributed by atoms with van der Waals surface area (Å²) in [5.41, 5.74) is 0. The molecule has 0 fully saturated rings. The van der Waals surface area contributed by atoms with Gasteiger partial charge in [-0.3, -0.25) is 0 Å². The molecule has 0 aliphatic heterocycles. The molecule has 0 N–H and O–H groups in total. The van der Waals surface area contributed by atoms with Crippen LogP contribution in [0.2, 0.25) is 37.3 Å². The van der Waals surface area contributed by atoms with E-state index < -0.39 is 16.6 Å². The van der Waals surface area contributed by atoms with Gasteiger partial charge in [-0.2, -0.15) is 0 Å². The molecule has 0 aromatic heterocycles. The standard InChI is InChI=1S/C24H50OSi2/c1-9-13-15-17-23(5)19-21-26(7,11-3)25-27(8,12-4)22-20-24(6)18-16-14-10-2/h15-18,23-24H,9-14,19-22H2,1-8H3/b17-15+,18-16+. The summed E-state index contributed by atoms with van der Waals surface area (Å²) < 4.78 is 7.11. The van der Waals surface area contributed by atoms with E-state index in [0.29, 0.717) is 11.8 Å². The predicted octanol–water partition coefficient (Wildman–Crippen LogP) is 8.96. The van der Waals surface area contributed by atoms with E-state index in [2.05, 4.69) is 78.9 Å². The maximum absolute atomic E-state index is 7.11. The van der Waals surface area contributed by atoms with Crippen LogP contribution in [0.15, 0.2) is 24.3 Å². The van der Waals surface area contributed by atoms with E-state index in [1.54, 1.807) is 0 Å². The summed E-state index contributed by atoms with van der Waals surface area (Å²) >= 11 is 0. The predicted molar refractivity (Wildman–Crippen MR) is 131 cm³/mol. The highest BCUT2D eigenvalue weighted by Crippen LogP contribution is 2.31. The summed E-state index contributed by atoms with van der Waals surface area (Å²) in [4.78, 5) is 0. The molecular weight excluding hydrogens is 360 g/mol. The van der Waals surface area contributed by atoms with Gasteiger partial charge in [0.05, 0.1) is 0 Å². The summed E-state index contributed by atoms with van der Waals surface area (Å²) in [6, 6.07) is 5.14. The van der Waals surface area contributed by atoms with Crippen LogP contribution in [-0.4, -0.2) is 16.6 Å². The lowest BCUT2D eigenvalue weighted by molar-refractivity contribution is 0.501. The topological polar surface area (TPSA) is 9.23 Å². The highest BCUT2D eigenvalue weighted by atomic mass is 28.4. The third-order valence-corrected chi connectivity index (χ3v) is 15.7. The van der Waals surface area contributed by atoms with Gasteiger partial charge in [-0.25, -0.2) is 0 Å². The lowest BCUT2D eigenvalue weighted by Gasteiger charge is -2.38. The molecule has 0 heterocycles. The van der Waals surface area contributed by atoms with Gasteiger partial charge in [0.2, 0.25) is 0 Å². The number of unbranched alkanes of at least 4 members (excludes halogenated alkanes) is 2. The average molecular weight is 411 g/mol. The van der Waals surface area contributed by atoms with Crippen LogP contribution in [0, 0.1) is 11.8 Å². The zero-order chi connectivity index (χ0) is 20.8. The van der Waals surface area contributed by atoms with E-state index in [9.17, 15) is 0 Å². The summed E-state index contributed by atoms with van der Waals surface area (Å²) in [5, 5.41) is 0. The molecule has 1 nitrogen and oxygen atoms in total. The first-order valence-electron chi connectivity index (χ1n) is 11.8. The van der Waals surface area contributed by atoms with E-state index in [4.69, 9.17) is 4.12 Å². The molecule has 0 amide bonds. The van der Waals surface area contributed by atoms with Crippen LogP contribution in [0.4, 0.5) is 0 Å². The second-order valence-corrected chi connectivity index (χ2v) is 18.2. The molecule has 160 valence electrons. The zero-order valence-corrected chi connectivity index (χ0v) is 21.9. The maximum Gasteiger partial charge on any atom is 0.176 e. The number of allylic oxidation sites excluding steroid dienone is 4. The molecule has 0 saturated heterocycles. The van der Waals surface area contributed by atoms with Crippen molar-refractivity contribution in [2.24, 2.45) is 11.8 Å². The van der Waals surface area contributed by atoms with Crippen molar-refractivity contribution in [3.05, 3.63) is 24.3 Å². The Morgan fingerprint density at radius 2 is 1.07 bits per heavy atom. The van der Waals surface area contributed by atoms with E-state index in [1.165, 1.54) is 62.7 Å². The molecule has 27 heavy (non-hydrogen) atoms. The molecule has 3 heteroatoms. The Morgan fingerprint density at radius 1 is 0.704 bits per heavy atom. The van der Waals surface area contributed by atoms with Gasteiger partial charge in [-0.15, -0.1) is 0 Å². The zero-order valence-electron chi connectivity index (χ0n) is 19.9. The fraction of sp³-hybridized carbons (Fsp3) is 0.833. The maximum atomic E-state index is 7.11. The minimum atomic E-state index is -1.58. The fourth-order valence-corrected chi connectivity index (χ4v) is 13.0. The van der Waals surface area contributed by atoms with Gasteiger partial charge in [0, 0.05) is 0 Å². The molecule has 0 aromatic rings. The molecule has 0 bridgehead atoms. The van der Waals surface area contributed by atoms with Crippen LogP contribution < -0.4 is 0 Å². The van der Waals surface area contributed by atoms with Crippen molar-refractivity contribution in [3.8, 4) is 0 Å². The lowest BCUT2D eigenvalue weighted by Crippen LogP contribution is -2.47. The van der Waals surface area contributed by atoms with Crippen molar-refractivity contribution < 1.29 is 4.12 Å². The van der Waals surface area contributed by atoms with Crippen LogP contribution >= 0.6 is 0 Å². The molecule has 0 aromatic carbocycles. The van der Waals surface area contributed by atoms with Gasteiger partial charge in [0.1, 0.15) is 0 Å². The molecule has 0 radical (unpaired) electrons. The van der Waals surface area contributed by atoms with Gasteiger partial charge in [0.25, 0.3) is 0 Å². The third kappa shape index (κ3) is 12.9. The average Bonchev–Trinajstić information content (AvgIpc) is 2.65. The summed E-state index contributed by atoms with van der Waals surface area (Å²) in [5.74, 6) is 1.38. The first-order valence-corrected chi connectivity index (χ1v) is 17.4. The quantitative estimate of drug-likeness (QED) is 0.182. The fourth-order valence-electron chi connectivity index (χ4n) is 3.44. The Hall–Kier alpha value is -0.126. The van der Waals surface area contributed by atoms with Crippen molar-refractivity contribution in [3.63, 3.8) is 0 Å². The van der Waals surface area contributed by atoms with Crippen LogP contribution in [0.25, 0.3) is 0 Å². The highest BCUT2D eigenvalue weighted by molar-refractivity contribution is 6.86. The van der Waals surface area contributed by atoms with Crippen molar-refractivity contribution in [2.45, 2.75) is 117 Å². The number of hydrogen-bond acceptors (Lipinski definition) is 1. The Bertz CT molecular complexity index is 383. The van der Waals surface area contributed by atoms with E-state index in [0.717, 1.165) is 0 Å². The van der Waals surface area contributed by atoms with Gasteiger partial charge in [0.15, 0.2) is 16.6 Å². The molecule has 4 atom stereocenters. The Kier molecular flexibility index (Phi) is 14.7. The number of rotatable bonds is 16. The van der Waals surface area contributed by atoms with Gasteiger partial charge >= 0.3 is 0 Å². The van der Waals surface area contributed by atoms with Crippen LogP contribution in [0.3, 0.4) is 0 Å². The third-order valence-electron chi connectivity index (χ3n) is 6.09. The van der Waals surface area contributed by atoms with Crippen molar-refractivity contribution in [1.29, 1.82) is 0 Å². The van der Waals surface area contributed by atoms with Crippen LogP contribution in [-0.2, 0) is 4.12 Å². The number of hydrogen-bond donors (Lipinski definition) is 0. The Labute approximate surface area is 174 Å². The van der Waals surface area contributed by atoms with E-state index in [1.807, 2.05) is 0 Å². The summed E-state index contributed by atoms with van der Waals surface area (Å²) in [7, 11) is -3.17. The summed E-state index contributed by atoms with van der Waals surface area (Å²) in [6.45, 7) is 19.0. The van der Waals surface area contributed by atoms with Gasteiger partial charge < -0.3 is 4.12 Å². The lowest BCUT2D eigenvalue weighted by atomic mass is 10.1. The van der Waals surface area contributed by atoms with Crippen molar-refractivity contribution in [1.82, 2.24) is 0 Å². The first-order chi connectivity index (χ1) is 12.7. The van der Waals surface area contributed by atoms with Gasteiger partial charge in [-0.05, 0) is 74.8 Å². The first kappa shape index (κ1) is 26.9. The molecule has 4 unspecified atom stereocenters. The molecular formula is C24H50OSi2. The Morgan fingerprint density at radius 3 is 1.37 bits per heavy atom. The minimum absolute atomic E-state index is 0.691. The smallest absolute Gasteiger partial charge is 0.176 e. The summed E-state index contributed by atoms with van der Waals surface area (Å²) in [6.07, 6.45) is 17.1. The molecule has 0 rings (SSSR count). The molecule has 0 saturated carbocycles. The van der Waals surface area contributed by atoms with Crippen LogP contribution in [0.5, 0.6) is 0 Å². The minimum Gasteiger partial charge on any atom is -0.455 e. The second-order valence-electron chi connectivity index (χ2n) is 9.17. The normalized spacial score (nSPS) is 19.3. The van der Waals surface area contributed by atoms with E-state index >= 15 is 0 Å². The second kappa shape index (κ2) is 14.8. The van der Waals surface area contributed by atoms with Crippen LogP contribution in [0.1, 0.15) is 80.1 Å². The Balaban J connectivity index is 4.68. The SMILES string of the molecule is CCC/C=C/C(C)CC[Si](C)(CC)O[Si](C)(CC)CCC(C)/C=C/CCC. The van der Waals surface area contributed by atoms with Gasteiger partial charge in [-0.1, -0.05) is 78.7 Å². The van der Waals surface area contributed by atoms with Crippen molar-refractivity contribution >= 4 is 16.6 Å². The molecule has 0 aliphatic rings. The monoisotopic (exact) mass is 410 g/mol. The largest absolute Gasteiger partial charge is 0.455 e. The van der Waals surface area contributed by atoms with Crippen molar-refractivity contribution in [2.75, 3.05) is 0 Å². The van der Waals surface area contributed by atoms with E-state index in [-0.39, 0.29) is 0 Å². The molecule has 0 aliphatic carbocycles.